The predicted molar refractivity (Wildman–Crippen MR) is 86.8 cm³/mol. The fourth-order valence-corrected chi connectivity index (χ4v) is 2.83. The summed E-state index contributed by atoms with van der Waals surface area (Å²) in [6, 6.07) is 16.8. The smallest absolute Gasteiger partial charge is 0.232 e. The molecule has 1 unspecified atom stereocenters. The van der Waals surface area contributed by atoms with Gasteiger partial charge in [-0.2, -0.15) is 10.5 Å². The molecule has 23 heavy (non-hydrogen) atoms. The summed E-state index contributed by atoms with van der Waals surface area (Å²) in [4.78, 5) is 12.1. The molecule has 0 aromatic heterocycles. The summed E-state index contributed by atoms with van der Waals surface area (Å²) in [5, 5.41) is 24.3. The fraction of sp³-hybridized carbons (Fsp3) is 0.167. The van der Waals surface area contributed by atoms with Crippen LogP contribution in [0.5, 0.6) is 0 Å². The second-order valence-electron chi connectivity index (χ2n) is 5.30. The van der Waals surface area contributed by atoms with Gasteiger partial charge in [-0.25, -0.2) is 0 Å². The maximum atomic E-state index is 12.1. The minimum atomic E-state index is -0.210. The molecule has 0 saturated heterocycles. The Hall–Kier alpha value is -3.31. The van der Waals surface area contributed by atoms with Crippen LogP contribution in [0.1, 0.15) is 29.0 Å². The number of anilines is 2. The lowest BCUT2D eigenvalue weighted by molar-refractivity contribution is -0.117. The van der Waals surface area contributed by atoms with Gasteiger partial charge in [0.1, 0.15) is 12.1 Å². The van der Waals surface area contributed by atoms with Crippen LogP contribution in [0.15, 0.2) is 42.5 Å². The summed E-state index contributed by atoms with van der Waals surface area (Å²) in [6.45, 7) is 0.500. The van der Waals surface area contributed by atoms with Crippen molar-refractivity contribution in [3.05, 3.63) is 59.2 Å². The maximum absolute atomic E-state index is 12.1. The highest BCUT2D eigenvalue weighted by Crippen LogP contribution is 2.34. The number of nitrogens with one attached hydrogen (secondary N) is 2. The number of carbonyl (C=O) groups is 1. The Morgan fingerprint density at radius 3 is 2.43 bits per heavy atom. The summed E-state index contributed by atoms with van der Waals surface area (Å²) in [6.07, 6.45) is 0.591. The molecule has 5 heteroatoms. The standard InChI is InChI=1S/C18H14N4O/c19-10-12-4-3-5-13(11-20)17(12)21-9-8-15-14-6-1-2-7-16(14)22-18(15)23/h1-7,15,21H,8-9H2,(H,22,23). The molecule has 112 valence electrons. The van der Waals surface area contributed by atoms with E-state index in [2.05, 4.69) is 22.8 Å². The van der Waals surface area contributed by atoms with E-state index < -0.39 is 0 Å². The summed E-state index contributed by atoms with van der Waals surface area (Å²) < 4.78 is 0. The summed E-state index contributed by atoms with van der Waals surface area (Å²) in [5.74, 6) is -0.222. The van der Waals surface area contributed by atoms with E-state index in [0.717, 1.165) is 11.3 Å². The molecular weight excluding hydrogens is 288 g/mol. The lowest BCUT2D eigenvalue weighted by Crippen LogP contribution is -2.16. The lowest BCUT2D eigenvalue weighted by atomic mass is 9.97. The van der Waals surface area contributed by atoms with Gasteiger partial charge in [-0.05, 0) is 30.2 Å². The largest absolute Gasteiger partial charge is 0.383 e. The molecule has 5 nitrogen and oxygen atoms in total. The molecule has 0 fully saturated rings. The molecule has 1 aliphatic rings. The SMILES string of the molecule is N#Cc1cccc(C#N)c1NCCC1C(=O)Nc2ccccc21. The van der Waals surface area contributed by atoms with E-state index in [0.29, 0.717) is 29.8 Å². The number of benzene rings is 2. The zero-order valence-electron chi connectivity index (χ0n) is 12.3. The third-order valence-electron chi connectivity index (χ3n) is 3.95. The average molecular weight is 302 g/mol. The molecule has 3 rings (SSSR count). The Balaban J connectivity index is 1.73. The molecule has 0 bridgehead atoms. The zero-order chi connectivity index (χ0) is 16.2. The molecule has 2 N–H and O–H groups in total. The van der Waals surface area contributed by atoms with Crippen molar-refractivity contribution in [3.8, 4) is 12.1 Å². The molecule has 0 spiro atoms. The predicted octanol–water partition coefficient (Wildman–Crippen LogP) is 2.97. The van der Waals surface area contributed by atoms with Gasteiger partial charge in [-0.15, -0.1) is 0 Å². The average Bonchev–Trinajstić information content (AvgIpc) is 2.90. The van der Waals surface area contributed by atoms with Crippen molar-refractivity contribution in [2.45, 2.75) is 12.3 Å². The summed E-state index contributed by atoms with van der Waals surface area (Å²) in [7, 11) is 0. The van der Waals surface area contributed by atoms with Crippen molar-refractivity contribution in [3.63, 3.8) is 0 Å². The van der Waals surface area contributed by atoms with E-state index in [4.69, 9.17) is 10.5 Å². The van der Waals surface area contributed by atoms with Crippen molar-refractivity contribution in [2.24, 2.45) is 0 Å². The second-order valence-corrected chi connectivity index (χ2v) is 5.30. The van der Waals surface area contributed by atoms with Gasteiger partial charge in [-0.3, -0.25) is 4.79 Å². The molecule has 1 amide bonds. The molecule has 2 aromatic rings. The van der Waals surface area contributed by atoms with Crippen LogP contribution in [0.2, 0.25) is 0 Å². The molecular formula is C18H14N4O. The van der Waals surface area contributed by atoms with E-state index in [-0.39, 0.29) is 11.8 Å². The van der Waals surface area contributed by atoms with Gasteiger partial charge in [0.15, 0.2) is 0 Å². The first kappa shape index (κ1) is 14.6. The minimum Gasteiger partial charge on any atom is -0.383 e. The van der Waals surface area contributed by atoms with Gasteiger partial charge in [0.25, 0.3) is 0 Å². The number of hydrogen-bond donors (Lipinski definition) is 2. The first-order valence-corrected chi connectivity index (χ1v) is 7.31. The van der Waals surface area contributed by atoms with E-state index >= 15 is 0 Å². The Morgan fingerprint density at radius 1 is 1.04 bits per heavy atom. The van der Waals surface area contributed by atoms with Crippen molar-refractivity contribution in [1.29, 1.82) is 10.5 Å². The van der Waals surface area contributed by atoms with Gasteiger partial charge in [0.2, 0.25) is 5.91 Å². The third kappa shape index (κ3) is 2.73. The number of fused-ring (bicyclic) bond motifs is 1. The number of hydrogen-bond acceptors (Lipinski definition) is 4. The normalized spacial score (nSPS) is 15.2. The quantitative estimate of drug-likeness (QED) is 0.908. The Morgan fingerprint density at radius 2 is 1.74 bits per heavy atom. The van der Waals surface area contributed by atoms with Crippen LogP contribution in [-0.4, -0.2) is 12.5 Å². The number of amides is 1. The third-order valence-corrected chi connectivity index (χ3v) is 3.95. The van der Waals surface area contributed by atoms with Crippen LogP contribution < -0.4 is 10.6 Å². The number of para-hydroxylation sites is 2. The van der Waals surface area contributed by atoms with Crippen LogP contribution in [0.25, 0.3) is 0 Å². The Bertz CT molecular complexity index is 813. The van der Waals surface area contributed by atoms with Gasteiger partial charge >= 0.3 is 0 Å². The van der Waals surface area contributed by atoms with Crippen molar-refractivity contribution in [2.75, 3.05) is 17.2 Å². The molecule has 1 heterocycles. The van der Waals surface area contributed by atoms with E-state index in [1.807, 2.05) is 24.3 Å². The Labute approximate surface area is 134 Å². The van der Waals surface area contributed by atoms with Gasteiger partial charge in [-0.1, -0.05) is 24.3 Å². The van der Waals surface area contributed by atoms with Crippen molar-refractivity contribution >= 4 is 17.3 Å². The molecule has 1 atom stereocenters. The van der Waals surface area contributed by atoms with Gasteiger partial charge < -0.3 is 10.6 Å². The topological polar surface area (TPSA) is 88.7 Å². The number of rotatable bonds is 4. The van der Waals surface area contributed by atoms with Crippen LogP contribution in [-0.2, 0) is 4.79 Å². The lowest BCUT2D eigenvalue weighted by Gasteiger charge is -2.12. The molecule has 0 radical (unpaired) electrons. The number of nitriles is 2. The van der Waals surface area contributed by atoms with Gasteiger partial charge in [0.05, 0.1) is 22.7 Å². The van der Waals surface area contributed by atoms with Crippen molar-refractivity contribution in [1.82, 2.24) is 0 Å². The van der Waals surface area contributed by atoms with E-state index in [9.17, 15) is 4.79 Å². The summed E-state index contributed by atoms with van der Waals surface area (Å²) in [5.41, 5.74) is 3.25. The Kier molecular flexibility index (Phi) is 3.95. The maximum Gasteiger partial charge on any atom is 0.232 e. The summed E-state index contributed by atoms with van der Waals surface area (Å²) >= 11 is 0. The van der Waals surface area contributed by atoms with Crippen molar-refractivity contribution < 1.29 is 4.79 Å². The highest BCUT2D eigenvalue weighted by molar-refractivity contribution is 6.02. The first-order chi connectivity index (χ1) is 11.2. The highest BCUT2D eigenvalue weighted by Gasteiger charge is 2.29. The number of nitrogens with zero attached hydrogens (tertiary/aromatic N) is 2. The van der Waals surface area contributed by atoms with E-state index in [1.165, 1.54) is 0 Å². The fourth-order valence-electron chi connectivity index (χ4n) is 2.83. The van der Waals surface area contributed by atoms with Crippen LogP contribution >= 0.6 is 0 Å². The molecule has 0 saturated carbocycles. The minimum absolute atomic E-state index is 0.0120. The molecule has 2 aromatic carbocycles. The molecule has 1 aliphatic heterocycles. The van der Waals surface area contributed by atoms with E-state index in [1.54, 1.807) is 18.2 Å². The second kappa shape index (κ2) is 6.21. The monoisotopic (exact) mass is 302 g/mol. The highest BCUT2D eigenvalue weighted by atomic mass is 16.2. The number of carbonyl (C=O) groups excluding carboxylic acids is 1. The van der Waals surface area contributed by atoms with Gasteiger partial charge in [0, 0.05) is 12.2 Å². The van der Waals surface area contributed by atoms with Crippen LogP contribution in [0.4, 0.5) is 11.4 Å². The first-order valence-electron chi connectivity index (χ1n) is 7.31. The molecule has 0 aliphatic carbocycles. The van der Waals surface area contributed by atoms with Crippen LogP contribution in [0, 0.1) is 22.7 Å². The zero-order valence-corrected chi connectivity index (χ0v) is 12.3. The van der Waals surface area contributed by atoms with Crippen LogP contribution in [0.3, 0.4) is 0 Å².